The number of carbonyl (C=O) groups excluding carboxylic acids is 2. The van der Waals surface area contributed by atoms with E-state index in [2.05, 4.69) is 21.2 Å². The highest BCUT2D eigenvalue weighted by atomic mass is 79.9. The number of anilines is 1. The Bertz CT molecular complexity index is 742. The van der Waals surface area contributed by atoms with E-state index in [1.54, 1.807) is 31.2 Å². The highest BCUT2D eigenvalue weighted by Gasteiger charge is 2.42. The van der Waals surface area contributed by atoms with Gasteiger partial charge in [0.1, 0.15) is 0 Å². The van der Waals surface area contributed by atoms with E-state index in [1.807, 2.05) is 24.3 Å². The van der Waals surface area contributed by atoms with Gasteiger partial charge in [0.25, 0.3) is 5.91 Å². The molecule has 0 bridgehead atoms. The lowest BCUT2D eigenvalue weighted by Gasteiger charge is -2.33. The van der Waals surface area contributed by atoms with Gasteiger partial charge in [-0.2, -0.15) is 0 Å². The molecule has 1 unspecified atom stereocenters. The number of hydrogen-bond acceptors (Lipinski definition) is 3. The summed E-state index contributed by atoms with van der Waals surface area (Å²) >= 11 is 3.34. The standard InChI is InChI=1S/C17H14BrNO3/c1-17(16(21)19-13-8-6-12(18)7-9-13)10-11-4-2-3-5-14(11)15(20)22-17/h2-9H,10H2,1H3,(H,19,21). The smallest absolute Gasteiger partial charge is 0.339 e. The molecule has 0 saturated carbocycles. The van der Waals surface area contributed by atoms with Crippen molar-refractivity contribution in [2.24, 2.45) is 0 Å². The molecular formula is C17H14BrNO3. The molecule has 1 aliphatic heterocycles. The van der Waals surface area contributed by atoms with Gasteiger partial charge < -0.3 is 10.1 Å². The molecule has 1 N–H and O–H groups in total. The van der Waals surface area contributed by atoms with Crippen LogP contribution in [0.5, 0.6) is 0 Å². The largest absolute Gasteiger partial charge is 0.445 e. The van der Waals surface area contributed by atoms with Crippen LogP contribution in [0, 0.1) is 0 Å². The molecule has 1 aliphatic rings. The predicted octanol–water partition coefficient (Wildman–Crippen LogP) is 3.56. The first-order valence-electron chi connectivity index (χ1n) is 6.86. The summed E-state index contributed by atoms with van der Waals surface area (Å²) in [4.78, 5) is 24.6. The van der Waals surface area contributed by atoms with E-state index < -0.39 is 11.6 Å². The number of amides is 1. The topological polar surface area (TPSA) is 55.4 Å². The third-order valence-corrected chi connectivity index (χ3v) is 4.19. The normalized spacial score (nSPS) is 20.0. The molecule has 4 nitrogen and oxygen atoms in total. The number of ether oxygens (including phenoxy) is 1. The number of esters is 1. The Hall–Kier alpha value is -2.14. The van der Waals surface area contributed by atoms with Gasteiger partial charge in [0.05, 0.1) is 5.56 Å². The minimum atomic E-state index is -1.21. The van der Waals surface area contributed by atoms with Gasteiger partial charge in [0.15, 0.2) is 5.60 Å². The van der Waals surface area contributed by atoms with Crippen LogP contribution in [0.15, 0.2) is 53.0 Å². The molecule has 1 amide bonds. The summed E-state index contributed by atoms with van der Waals surface area (Å²) in [7, 11) is 0. The number of nitrogens with one attached hydrogen (secondary N) is 1. The molecule has 5 heteroatoms. The Morgan fingerprint density at radius 3 is 2.59 bits per heavy atom. The Kier molecular flexibility index (Phi) is 3.74. The van der Waals surface area contributed by atoms with Crippen LogP contribution in [-0.2, 0) is 16.0 Å². The van der Waals surface area contributed by atoms with Crippen LogP contribution in [0.4, 0.5) is 5.69 Å². The monoisotopic (exact) mass is 359 g/mol. The van der Waals surface area contributed by atoms with Gasteiger partial charge in [-0.25, -0.2) is 4.79 Å². The van der Waals surface area contributed by atoms with Crippen LogP contribution in [-0.4, -0.2) is 17.5 Å². The van der Waals surface area contributed by atoms with E-state index in [1.165, 1.54) is 0 Å². The fourth-order valence-corrected chi connectivity index (χ4v) is 2.72. The van der Waals surface area contributed by atoms with Gasteiger partial charge in [-0.05, 0) is 42.8 Å². The zero-order valence-corrected chi connectivity index (χ0v) is 13.5. The van der Waals surface area contributed by atoms with Gasteiger partial charge in [-0.1, -0.05) is 34.1 Å². The fourth-order valence-electron chi connectivity index (χ4n) is 2.46. The van der Waals surface area contributed by atoms with Crippen molar-refractivity contribution in [2.45, 2.75) is 18.9 Å². The number of carbonyl (C=O) groups is 2. The second-order valence-corrected chi connectivity index (χ2v) is 6.33. The van der Waals surface area contributed by atoms with Gasteiger partial charge in [0.2, 0.25) is 0 Å². The van der Waals surface area contributed by atoms with Crippen molar-refractivity contribution in [3.8, 4) is 0 Å². The molecular weight excluding hydrogens is 346 g/mol. The summed E-state index contributed by atoms with van der Waals surface area (Å²) in [6.45, 7) is 1.63. The minimum absolute atomic E-state index is 0.335. The first-order valence-corrected chi connectivity index (χ1v) is 7.65. The Morgan fingerprint density at radius 2 is 1.86 bits per heavy atom. The maximum absolute atomic E-state index is 12.5. The van der Waals surface area contributed by atoms with Crippen molar-refractivity contribution in [3.63, 3.8) is 0 Å². The molecule has 0 radical (unpaired) electrons. The zero-order valence-electron chi connectivity index (χ0n) is 11.9. The highest BCUT2D eigenvalue weighted by Crippen LogP contribution is 2.29. The molecule has 1 atom stereocenters. The fraction of sp³-hybridized carbons (Fsp3) is 0.176. The third-order valence-electron chi connectivity index (χ3n) is 3.67. The van der Waals surface area contributed by atoms with Crippen LogP contribution in [0.2, 0.25) is 0 Å². The lowest BCUT2D eigenvalue weighted by Crippen LogP contribution is -2.48. The SMILES string of the molecule is CC1(C(=O)Nc2ccc(Br)cc2)Cc2ccccc2C(=O)O1. The Labute approximate surface area is 136 Å². The molecule has 0 fully saturated rings. The van der Waals surface area contributed by atoms with Crippen molar-refractivity contribution < 1.29 is 14.3 Å². The zero-order chi connectivity index (χ0) is 15.7. The number of halogens is 1. The lowest BCUT2D eigenvalue weighted by atomic mass is 9.89. The Balaban J connectivity index is 1.83. The molecule has 0 spiro atoms. The summed E-state index contributed by atoms with van der Waals surface area (Å²) in [6, 6.07) is 14.4. The highest BCUT2D eigenvalue weighted by molar-refractivity contribution is 9.10. The van der Waals surface area contributed by atoms with E-state index in [-0.39, 0.29) is 5.91 Å². The first-order chi connectivity index (χ1) is 10.5. The maximum atomic E-state index is 12.5. The van der Waals surface area contributed by atoms with Gasteiger partial charge in [-0.3, -0.25) is 4.79 Å². The molecule has 1 heterocycles. The van der Waals surface area contributed by atoms with Gasteiger partial charge in [0, 0.05) is 16.6 Å². The van der Waals surface area contributed by atoms with Crippen molar-refractivity contribution in [1.29, 1.82) is 0 Å². The van der Waals surface area contributed by atoms with Crippen molar-refractivity contribution in [2.75, 3.05) is 5.32 Å². The molecule has 112 valence electrons. The van der Waals surface area contributed by atoms with Crippen molar-refractivity contribution in [1.82, 2.24) is 0 Å². The molecule has 0 aromatic heterocycles. The molecule has 22 heavy (non-hydrogen) atoms. The van der Waals surface area contributed by atoms with E-state index in [9.17, 15) is 9.59 Å². The summed E-state index contributed by atoms with van der Waals surface area (Å²) < 4.78 is 6.32. The summed E-state index contributed by atoms with van der Waals surface area (Å²) in [5.74, 6) is -0.798. The van der Waals surface area contributed by atoms with E-state index in [0.717, 1.165) is 10.0 Å². The summed E-state index contributed by atoms with van der Waals surface area (Å²) in [5.41, 5.74) is 0.798. The molecule has 0 aliphatic carbocycles. The lowest BCUT2D eigenvalue weighted by molar-refractivity contribution is -0.134. The summed E-state index contributed by atoms with van der Waals surface area (Å²) in [6.07, 6.45) is 0.358. The van der Waals surface area contributed by atoms with Crippen LogP contribution in [0.3, 0.4) is 0 Å². The third kappa shape index (κ3) is 2.76. The number of fused-ring (bicyclic) bond motifs is 1. The number of benzene rings is 2. The predicted molar refractivity (Wildman–Crippen MR) is 86.7 cm³/mol. The van der Waals surface area contributed by atoms with E-state index in [0.29, 0.717) is 17.7 Å². The second kappa shape index (κ2) is 5.57. The molecule has 2 aromatic rings. The Morgan fingerprint density at radius 1 is 1.18 bits per heavy atom. The van der Waals surface area contributed by atoms with E-state index >= 15 is 0 Å². The van der Waals surface area contributed by atoms with Gasteiger partial charge in [-0.15, -0.1) is 0 Å². The number of hydrogen-bond donors (Lipinski definition) is 1. The minimum Gasteiger partial charge on any atom is -0.445 e. The van der Waals surface area contributed by atoms with Crippen LogP contribution in [0.25, 0.3) is 0 Å². The van der Waals surface area contributed by atoms with Crippen LogP contribution in [0.1, 0.15) is 22.8 Å². The van der Waals surface area contributed by atoms with Crippen molar-refractivity contribution in [3.05, 3.63) is 64.1 Å². The van der Waals surface area contributed by atoms with Crippen molar-refractivity contribution >= 4 is 33.5 Å². The first kappa shape index (κ1) is 14.8. The molecule has 3 rings (SSSR count). The molecule has 2 aromatic carbocycles. The number of cyclic esters (lactones) is 1. The summed E-state index contributed by atoms with van der Waals surface area (Å²) in [5, 5.41) is 2.79. The van der Waals surface area contributed by atoms with Crippen LogP contribution < -0.4 is 5.32 Å². The maximum Gasteiger partial charge on any atom is 0.339 e. The van der Waals surface area contributed by atoms with Crippen LogP contribution >= 0.6 is 15.9 Å². The van der Waals surface area contributed by atoms with E-state index in [4.69, 9.17) is 4.74 Å². The quantitative estimate of drug-likeness (QED) is 0.834. The number of rotatable bonds is 2. The van der Waals surface area contributed by atoms with Gasteiger partial charge >= 0.3 is 5.97 Å². The second-order valence-electron chi connectivity index (χ2n) is 5.42. The average molecular weight is 360 g/mol. The molecule has 0 saturated heterocycles. The average Bonchev–Trinajstić information content (AvgIpc) is 2.49.